The van der Waals surface area contributed by atoms with Crippen LogP contribution in [0.5, 0.6) is 0 Å². The highest BCUT2D eigenvalue weighted by Crippen LogP contribution is 2.13. The summed E-state index contributed by atoms with van der Waals surface area (Å²) in [5.74, 6) is -0.282. The van der Waals surface area contributed by atoms with Gasteiger partial charge in [0.2, 0.25) is 0 Å². The van der Waals surface area contributed by atoms with Crippen LogP contribution in [-0.4, -0.2) is 32.0 Å². The lowest BCUT2D eigenvalue weighted by atomic mass is 10.2. The van der Waals surface area contributed by atoms with Gasteiger partial charge in [0.25, 0.3) is 11.8 Å². The first-order valence-corrected chi connectivity index (χ1v) is 8.03. The fraction of sp³-hybridized carbons (Fsp3) is 0.222. The van der Waals surface area contributed by atoms with E-state index in [1.165, 1.54) is 0 Å². The monoisotopic (exact) mass is 346 g/mol. The van der Waals surface area contributed by atoms with Crippen LogP contribution >= 0.6 is 11.6 Å². The maximum absolute atomic E-state index is 12.0. The number of quaternary nitrogens is 1. The minimum absolute atomic E-state index is 0.127. The van der Waals surface area contributed by atoms with Gasteiger partial charge < -0.3 is 15.5 Å². The Morgan fingerprint density at radius 2 is 1.54 bits per heavy atom. The van der Waals surface area contributed by atoms with Crippen molar-refractivity contribution in [3.63, 3.8) is 0 Å². The molecule has 24 heavy (non-hydrogen) atoms. The molecular formula is C18H21ClN3O2+. The summed E-state index contributed by atoms with van der Waals surface area (Å²) in [5.41, 5.74) is 2.52. The number of carbonyl (C=O) groups excluding carboxylic acids is 2. The van der Waals surface area contributed by atoms with Crippen LogP contribution in [0.1, 0.15) is 5.56 Å². The molecule has 0 aliphatic carbocycles. The second kappa shape index (κ2) is 8.47. The molecule has 0 heterocycles. The van der Waals surface area contributed by atoms with Gasteiger partial charge in [-0.1, -0.05) is 23.7 Å². The van der Waals surface area contributed by atoms with E-state index < -0.39 is 0 Å². The zero-order chi connectivity index (χ0) is 17.5. The summed E-state index contributed by atoms with van der Waals surface area (Å²) in [5, 5.41) is 6.23. The largest absolute Gasteiger partial charge is 0.322 e. The minimum Gasteiger partial charge on any atom is -0.322 e. The molecule has 0 bridgehead atoms. The van der Waals surface area contributed by atoms with E-state index in [4.69, 9.17) is 11.6 Å². The summed E-state index contributed by atoms with van der Waals surface area (Å²) < 4.78 is 0. The van der Waals surface area contributed by atoms with Crippen LogP contribution in [0.15, 0.2) is 48.5 Å². The van der Waals surface area contributed by atoms with Crippen molar-refractivity contribution in [1.29, 1.82) is 0 Å². The number of aryl methyl sites for hydroxylation is 1. The second-order valence-electron chi connectivity index (χ2n) is 5.78. The molecule has 0 radical (unpaired) electrons. The predicted octanol–water partition coefficient (Wildman–Crippen LogP) is 1.74. The van der Waals surface area contributed by atoms with E-state index in [1.807, 2.05) is 31.2 Å². The Morgan fingerprint density at radius 3 is 2.12 bits per heavy atom. The fourth-order valence-corrected chi connectivity index (χ4v) is 2.40. The standard InChI is InChI=1S/C18H20ClN3O2/c1-13-4-3-5-16(10-13)21-18(24)12-22(2)11-17(23)20-15-8-6-14(19)7-9-15/h3-10H,11-12H2,1-2H3,(H,20,23)(H,21,24)/p+1. The molecule has 1 unspecified atom stereocenters. The summed E-state index contributed by atoms with van der Waals surface area (Å²) in [6.07, 6.45) is 0. The Labute approximate surface area is 146 Å². The lowest BCUT2D eigenvalue weighted by molar-refractivity contribution is -0.862. The highest BCUT2D eigenvalue weighted by Gasteiger charge is 2.14. The Bertz CT molecular complexity index is 716. The van der Waals surface area contributed by atoms with Gasteiger partial charge in [0, 0.05) is 16.4 Å². The SMILES string of the molecule is Cc1cccc(NC(=O)C[NH+](C)CC(=O)Nc2ccc(Cl)cc2)c1. The van der Waals surface area contributed by atoms with Crippen LogP contribution in [0.25, 0.3) is 0 Å². The highest BCUT2D eigenvalue weighted by molar-refractivity contribution is 6.30. The van der Waals surface area contributed by atoms with Gasteiger partial charge in [0.05, 0.1) is 7.05 Å². The van der Waals surface area contributed by atoms with Crippen LogP contribution in [0, 0.1) is 6.92 Å². The van der Waals surface area contributed by atoms with Crippen molar-refractivity contribution in [3.8, 4) is 0 Å². The molecule has 6 heteroatoms. The maximum Gasteiger partial charge on any atom is 0.279 e. The molecule has 3 N–H and O–H groups in total. The zero-order valence-corrected chi connectivity index (χ0v) is 14.5. The van der Waals surface area contributed by atoms with Gasteiger partial charge in [-0.15, -0.1) is 0 Å². The number of hydrogen-bond donors (Lipinski definition) is 3. The molecule has 0 fully saturated rings. The Kier molecular flexibility index (Phi) is 6.35. The van der Waals surface area contributed by atoms with Crippen molar-refractivity contribution in [2.75, 3.05) is 30.8 Å². The molecule has 0 saturated heterocycles. The molecule has 0 spiro atoms. The molecule has 1 atom stereocenters. The van der Waals surface area contributed by atoms with Crippen LogP contribution in [0.2, 0.25) is 5.02 Å². The van der Waals surface area contributed by atoms with Crippen molar-refractivity contribution >= 4 is 34.8 Å². The number of carbonyl (C=O) groups is 2. The summed E-state index contributed by atoms with van der Waals surface area (Å²) in [6.45, 7) is 2.37. The van der Waals surface area contributed by atoms with Crippen LogP contribution in [0.3, 0.4) is 0 Å². The van der Waals surface area contributed by atoms with Gasteiger partial charge in [0.15, 0.2) is 13.1 Å². The highest BCUT2D eigenvalue weighted by atomic mass is 35.5. The fourth-order valence-electron chi connectivity index (χ4n) is 2.28. The van der Waals surface area contributed by atoms with Crippen molar-refractivity contribution in [2.24, 2.45) is 0 Å². The van der Waals surface area contributed by atoms with Gasteiger partial charge >= 0.3 is 0 Å². The summed E-state index contributed by atoms with van der Waals surface area (Å²) >= 11 is 5.80. The van der Waals surface area contributed by atoms with Crippen molar-refractivity contribution in [2.45, 2.75) is 6.92 Å². The molecule has 2 aromatic carbocycles. The molecule has 126 valence electrons. The van der Waals surface area contributed by atoms with E-state index in [9.17, 15) is 9.59 Å². The molecule has 5 nitrogen and oxygen atoms in total. The smallest absolute Gasteiger partial charge is 0.279 e. The molecule has 2 amide bonds. The maximum atomic E-state index is 12.0. The number of halogens is 1. The van der Waals surface area contributed by atoms with Crippen LogP contribution < -0.4 is 15.5 Å². The number of amides is 2. The average Bonchev–Trinajstić information content (AvgIpc) is 2.49. The van der Waals surface area contributed by atoms with Gasteiger partial charge in [-0.3, -0.25) is 9.59 Å². The Balaban J connectivity index is 1.79. The number of nitrogens with one attached hydrogen (secondary N) is 3. The van der Waals surface area contributed by atoms with Crippen molar-refractivity contribution in [3.05, 3.63) is 59.1 Å². The number of likely N-dealkylation sites (N-methyl/N-ethyl adjacent to an activating group) is 1. The third-order valence-electron chi connectivity index (χ3n) is 3.35. The summed E-state index contributed by atoms with van der Waals surface area (Å²) in [4.78, 5) is 24.8. The normalized spacial score (nSPS) is 11.6. The minimum atomic E-state index is -0.154. The summed E-state index contributed by atoms with van der Waals surface area (Å²) in [7, 11) is 1.80. The average molecular weight is 347 g/mol. The molecule has 0 saturated carbocycles. The number of rotatable bonds is 6. The van der Waals surface area contributed by atoms with Gasteiger partial charge in [-0.25, -0.2) is 0 Å². The van der Waals surface area contributed by atoms with Gasteiger partial charge in [-0.2, -0.15) is 0 Å². The first-order chi connectivity index (χ1) is 11.4. The van der Waals surface area contributed by atoms with Crippen LogP contribution in [0.4, 0.5) is 11.4 Å². The number of benzene rings is 2. The predicted molar refractivity (Wildman–Crippen MR) is 96.5 cm³/mol. The number of hydrogen-bond acceptors (Lipinski definition) is 2. The molecule has 2 rings (SSSR count). The topological polar surface area (TPSA) is 62.6 Å². The van der Waals surface area contributed by atoms with Crippen molar-refractivity contribution < 1.29 is 14.5 Å². The first-order valence-electron chi connectivity index (χ1n) is 7.65. The summed E-state index contributed by atoms with van der Waals surface area (Å²) in [6, 6.07) is 14.5. The Morgan fingerprint density at radius 1 is 0.958 bits per heavy atom. The van der Waals surface area contributed by atoms with Gasteiger partial charge in [-0.05, 0) is 48.9 Å². The van der Waals surface area contributed by atoms with E-state index in [2.05, 4.69) is 10.6 Å². The van der Waals surface area contributed by atoms with E-state index in [0.29, 0.717) is 10.7 Å². The van der Waals surface area contributed by atoms with E-state index in [1.54, 1.807) is 31.3 Å². The van der Waals surface area contributed by atoms with Crippen LogP contribution in [-0.2, 0) is 9.59 Å². The first kappa shape index (κ1) is 18.0. The lowest BCUT2D eigenvalue weighted by Gasteiger charge is -2.14. The van der Waals surface area contributed by atoms with E-state index in [-0.39, 0.29) is 24.9 Å². The molecule has 0 aromatic heterocycles. The molecule has 0 aliphatic rings. The quantitative estimate of drug-likeness (QED) is 0.746. The molecular weight excluding hydrogens is 326 g/mol. The van der Waals surface area contributed by atoms with Gasteiger partial charge in [0.1, 0.15) is 0 Å². The Hall–Kier alpha value is -2.37. The zero-order valence-electron chi connectivity index (χ0n) is 13.7. The molecule has 2 aromatic rings. The lowest BCUT2D eigenvalue weighted by Crippen LogP contribution is -3.11. The third kappa shape index (κ3) is 6.02. The molecule has 0 aliphatic heterocycles. The number of anilines is 2. The third-order valence-corrected chi connectivity index (χ3v) is 3.61. The van der Waals surface area contributed by atoms with E-state index in [0.717, 1.165) is 16.2 Å². The van der Waals surface area contributed by atoms with Crippen molar-refractivity contribution in [1.82, 2.24) is 0 Å². The second-order valence-corrected chi connectivity index (χ2v) is 6.22. The van der Waals surface area contributed by atoms with E-state index >= 15 is 0 Å².